The van der Waals surface area contributed by atoms with Gasteiger partial charge in [-0.15, -0.1) is 0 Å². The highest BCUT2D eigenvalue weighted by Crippen LogP contribution is 1.67. The summed E-state index contributed by atoms with van der Waals surface area (Å²) in [6.07, 6.45) is 0. The molecule has 0 aliphatic heterocycles. The Morgan fingerprint density at radius 2 is 2.29 bits per heavy atom. The van der Waals surface area contributed by atoms with Gasteiger partial charge in [-0.2, -0.15) is 0 Å². The lowest BCUT2D eigenvalue weighted by Crippen LogP contribution is -2.27. The molecular weight excluding hydrogens is 158 g/mol. The maximum absolute atomic E-state index is 3.77. The van der Waals surface area contributed by atoms with Crippen molar-refractivity contribution in [3.05, 3.63) is 0 Å². The number of nitrogens with zero attached hydrogens (tertiary/aromatic N) is 1. The van der Waals surface area contributed by atoms with Gasteiger partial charge in [0.05, 0.1) is 0 Å². The van der Waals surface area contributed by atoms with Crippen LogP contribution >= 0.6 is 16.1 Å². The number of aliphatic imine (C=N–C) groups is 1. The molecule has 2 N–H and O–H groups in total. The van der Waals surface area contributed by atoms with Crippen molar-refractivity contribution in [3.8, 4) is 0 Å². The summed E-state index contributed by atoms with van der Waals surface area (Å²) in [4.78, 5) is 3.77. The second-order valence-corrected chi connectivity index (χ2v) is 1.31. The van der Waals surface area contributed by atoms with Crippen molar-refractivity contribution in [3.63, 3.8) is 0 Å². The van der Waals surface area contributed by atoms with Crippen molar-refractivity contribution in [2.75, 3.05) is 14.1 Å². The Kier molecular flexibility index (Phi) is 3.78. The third kappa shape index (κ3) is 2.45. The second kappa shape index (κ2) is 3.92. The maximum Gasteiger partial charge on any atom is 0.200 e. The van der Waals surface area contributed by atoms with Crippen LogP contribution in [0.1, 0.15) is 0 Å². The van der Waals surface area contributed by atoms with Crippen LogP contribution in [-0.4, -0.2) is 20.1 Å². The van der Waals surface area contributed by atoms with Gasteiger partial charge < -0.3 is 5.32 Å². The highest BCUT2D eigenvalue weighted by atomic mass is 79.9. The van der Waals surface area contributed by atoms with E-state index in [-0.39, 0.29) is 0 Å². The Hall–Kier alpha value is -0.250. The van der Waals surface area contributed by atoms with Crippen LogP contribution < -0.4 is 9.66 Å². The van der Waals surface area contributed by atoms with Crippen molar-refractivity contribution in [2.45, 2.75) is 0 Å². The summed E-state index contributed by atoms with van der Waals surface area (Å²) in [7, 11) is 3.48. The number of nitrogens with one attached hydrogen (secondary N) is 2. The zero-order chi connectivity index (χ0) is 5.70. The molecular formula is C3H8BrN3. The summed E-state index contributed by atoms with van der Waals surface area (Å²) in [6.45, 7) is 0. The van der Waals surface area contributed by atoms with Gasteiger partial charge in [-0.1, -0.05) is 0 Å². The standard InChI is InChI=1S/C3H8BrN3/c1-5-3(6-2)7-4/h1-2H3,(H2,5,6,7). The van der Waals surface area contributed by atoms with E-state index in [1.807, 2.05) is 0 Å². The van der Waals surface area contributed by atoms with Gasteiger partial charge in [-0.05, 0) is 0 Å². The molecule has 0 spiro atoms. The number of halogens is 1. The smallest absolute Gasteiger partial charge is 0.200 e. The SMILES string of the molecule is CN=C(NC)NBr. The molecule has 0 saturated heterocycles. The fourth-order valence-corrected chi connectivity index (χ4v) is 0.577. The molecule has 0 aromatic rings. The van der Waals surface area contributed by atoms with Gasteiger partial charge in [0.2, 0.25) is 5.96 Å². The number of rotatable bonds is 0. The Bertz CT molecular complexity index is 64.6. The zero-order valence-electron chi connectivity index (χ0n) is 4.33. The lowest BCUT2D eigenvalue weighted by molar-refractivity contribution is 1.10. The molecule has 0 radical (unpaired) electrons. The van der Waals surface area contributed by atoms with Crippen LogP contribution in [0, 0.1) is 0 Å². The second-order valence-electron chi connectivity index (χ2n) is 0.917. The van der Waals surface area contributed by atoms with E-state index in [1.54, 1.807) is 14.1 Å². The van der Waals surface area contributed by atoms with Gasteiger partial charge in [0.25, 0.3) is 0 Å². The normalized spacial score (nSPS) is 11.0. The zero-order valence-corrected chi connectivity index (χ0v) is 5.91. The fourth-order valence-electron chi connectivity index (χ4n) is 0.201. The first kappa shape index (κ1) is 6.75. The minimum Gasteiger partial charge on any atom is -0.359 e. The molecule has 7 heavy (non-hydrogen) atoms. The maximum atomic E-state index is 3.77. The molecule has 0 atom stereocenters. The van der Waals surface area contributed by atoms with Gasteiger partial charge in [-0.3, -0.25) is 9.34 Å². The molecule has 0 bridgehead atoms. The van der Waals surface area contributed by atoms with Crippen LogP contribution in [0.3, 0.4) is 0 Å². The third-order valence-electron chi connectivity index (χ3n) is 0.550. The van der Waals surface area contributed by atoms with E-state index >= 15 is 0 Å². The van der Waals surface area contributed by atoms with Crippen LogP contribution in [-0.2, 0) is 0 Å². The molecule has 0 amide bonds. The molecule has 42 valence electrons. The van der Waals surface area contributed by atoms with Crippen LogP contribution in [0.15, 0.2) is 4.99 Å². The summed E-state index contributed by atoms with van der Waals surface area (Å²) in [5.41, 5.74) is 0. The monoisotopic (exact) mass is 165 g/mol. The van der Waals surface area contributed by atoms with E-state index in [0.29, 0.717) is 0 Å². The summed E-state index contributed by atoms with van der Waals surface area (Å²) in [6, 6.07) is 0. The molecule has 0 rings (SSSR count). The van der Waals surface area contributed by atoms with Gasteiger partial charge in [0.15, 0.2) is 0 Å². The van der Waals surface area contributed by atoms with E-state index in [0.717, 1.165) is 5.96 Å². The predicted octanol–water partition coefficient (Wildman–Crippen LogP) is 0.0911. The third-order valence-corrected chi connectivity index (χ3v) is 0.925. The Balaban J connectivity index is 3.38. The van der Waals surface area contributed by atoms with Gasteiger partial charge in [-0.25, -0.2) is 0 Å². The molecule has 0 aromatic heterocycles. The first-order valence-electron chi connectivity index (χ1n) is 1.86. The average Bonchev–Trinajstić information content (AvgIpc) is 1.72. The minimum atomic E-state index is 0.722. The van der Waals surface area contributed by atoms with Crippen LogP contribution in [0.4, 0.5) is 0 Å². The van der Waals surface area contributed by atoms with Crippen molar-refractivity contribution in [1.82, 2.24) is 9.66 Å². The molecule has 0 heterocycles. The fraction of sp³-hybridized carbons (Fsp3) is 0.667. The molecule has 4 heteroatoms. The van der Waals surface area contributed by atoms with Gasteiger partial charge in [0, 0.05) is 30.2 Å². The first-order chi connectivity index (χ1) is 3.35. The number of guanidine groups is 1. The molecule has 0 unspecified atom stereocenters. The number of hydrogen-bond acceptors (Lipinski definition) is 1. The molecule has 0 saturated carbocycles. The highest BCUT2D eigenvalue weighted by molar-refractivity contribution is 9.08. The van der Waals surface area contributed by atoms with Crippen molar-refractivity contribution >= 4 is 22.1 Å². The number of hydrogen-bond donors (Lipinski definition) is 2. The molecule has 0 aliphatic carbocycles. The summed E-state index contributed by atoms with van der Waals surface area (Å²) >= 11 is 2.99. The van der Waals surface area contributed by atoms with Crippen LogP contribution in [0.2, 0.25) is 0 Å². The summed E-state index contributed by atoms with van der Waals surface area (Å²) < 4.78 is 2.65. The van der Waals surface area contributed by atoms with Crippen LogP contribution in [0.5, 0.6) is 0 Å². The van der Waals surface area contributed by atoms with Crippen molar-refractivity contribution in [1.29, 1.82) is 0 Å². The van der Waals surface area contributed by atoms with E-state index < -0.39 is 0 Å². The average molecular weight is 166 g/mol. The quantitative estimate of drug-likeness (QED) is 0.304. The minimum absolute atomic E-state index is 0.722. The van der Waals surface area contributed by atoms with Crippen molar-refractivity contribution in [2.24, 2.45) is 4.99 Å². The van der Waals surface area contributed by atoms with Crippen molar-refractivity contribution < 1.29 is 0 Å². The van der Waals surface area contributed by atoms with E-state index in [2.05, 4.69) is 30.8 Å². The van der Waals surface area contributed by atoms with E-state index in [1.165, 1.54) is 0 Å². The summed E-state index contributed by atoms with van der Waals surface area (Å²) in [5, 5.41) is 2.79. The largest absolute Gasteiger partial charge is 0.359 e. The van der Waals surface area contributed by atoms with Gasteiger partial charge >= 0.3 is 0 Å². The highest BCUT2D eigenvalue weighted by Gasteiger charge is 1.81. The van der Waals surface area contributed by atoms with Crippen LogP contribution in [0.25, 0.3) is 0 Å². The molecule has 0 aromatic carbocycles. The lowest BCUT2D eigenvalue weighted by Gasteiger charge is -1.97. The molecule has 3 nitrogen and oxygen atoms in total. The molecule has 0 fully saturated rings. The van der Waals surface area contributed by atoms with E-state index in [9.17, 15) is 0 Å². The topological polar surface area (TPSA) is 36.4 Å². The Labute approximate surface area is 51.5 Å². The Morgan fingerprint density at radius 3 is 2.29 bits per heavy atom. The van der Waals surface area contributed by atoms with Gasteiger partial charge in [0.1, 0.15) is 0 Å². The molecule has 0 aliphatic rings. The summed E-state index contributed by atoms with van der Waals surface area (Å²) in [5.74, 6) is 0.722. The van der Waals surface area contributed by atoms with E-state index in [4.69, 9.17) is 0 Å². The first-order valence-corrected chi connectivity index (χ1v) is 2.65. The predicted molar refractivity (Wildman–Crippen MR) is 34.5 cm³/mol. The Morgan fingerprint density at radius 1 is 1.71 bits per heavy atom. The lowest BCUT2D eigenvalue weighted by atomic mass is 11.0.